The number of methoxy groups -OCH3 is 1. The Morgan fingerprint density at radius 3 is 2.27 bits per heavy atom. The summed E-state index contributed by atoms with van der Waals surface area (Å²) in [4.78, 5) is 46.4. The summed E-state index contributed by atoms with van der Waals surface area (Å²) < 4.78 is 16.0. The zero-order valence-electron chi connectivity index (χ0n) is 25.9. The van der Waals surface area contributed by atoms with Crippen molar-refractivity contribution in [3.8, 4) is 0 Å². The Morgan fingerprint density at radius 2 is 1.64 bits per heavy atom. The van der Waals surface area contributed by atoms with E-state index in [2.05, 4.69) is 31.2 Å². The molecule has 3 atom stereocenters. The Kier molecular flexibility index (Phi) is 13.8. The molecular formula is C35H43NO8. The molecule has 9 nitrogen and oxygen atoms in total. The van der Waals surface area contributed by atoms with Crippen LogP contribution in [0.4, 0.5) is 5.69 Å². The number of nitro benzene ring substituents is 1. The summed E-state index contributed by atoms with van der Waals surface area (Å²) in [7, 11) is 1.39. The molecule has 0 heterocycles. The van der Waals surface area contributed by atoms with Crippen LogP contribution in [0.5, 0.6) is 0 Å². The molecule has 0 amide bonds. The average Bonchev–Trinajstić information content (AvgIpc) is 3.42. The highest BCUT2D eigenvalue weighted by atomic mass is 16.6. The van der Waals surface area contributed by atoms with E-state index in [4.69, 9.17) is 14.2 Å². The summed E-state index contributed by atoms with van der Waals surface area (Å²) in [5.41, 5.74) is 3.17. The topological polar surface area (TPSA) is 122 Å². The molecule has 1 fully saturated rings. The standard InChI is InChI=1S/C35H43NO8/c1-4-5-8-12-30(24-43-25(2)37)26-14-16-28(17-15-26)34-27(11-9-6-7-10-13-33(38)42-3)20-23-32(34)44-35(39)29-18-21-31(22-19-29)36(40)41/h6,9,14-19,21-22,24,27,32,34H,4-5,7-8,10-13,20,23H2,1-3H3/b9-6-,30-24+/t27?,32-,34?/m1/s1. The second-order valence-corrected chi connectivity index (χ2v) is 11.1. The zero-order valence-corrected chi connectivity index (χ0v) is 25.9. The SMILES string of the molecule is CCCCC/C(=C\OC(C)=O)c1ccc(C2C(C/C=C\CCCC(=O)OC)CC[C@H]2OC(=O)c2ccc([N+](=O)[O-])cc2)cc1. The van der Waals surface area contributed by atoms with Crippen LogP contribution < -0.4 is 0 Å². The maximum atomic E-state index is 13.1. The summed E-state index contributed by atoms with van der Waals surface area (Å²) in [6.45, 7) is 3.53. The minimum atomic E-state index is -0.506. The van der Waals surface area contributed by atoms with Crippen LogP contribution in [0.3, 0.4) is 0 Å². The van der Waals surface area contributed by atoms with E-state index in [0.717, 1.165) is 68.1 Å². The number of nitrogens with zero attached hydrogens (tertiary/aromatic N) is 1. The summed E-state index contributed by atoms with van der Waals surface area (Å²) >= 11 is 0. The number of unbranched alkanes of at least 4 members (excludes halogenated alkanes) is 3. The molecule has 0 aliphatic heterocycles. The molecular weight excluding hydrogens is 562 g/mol. The van der Waals surface area contributed by atoms with Crippen LogP contribution in [0.1, 0.15) is 105 Å². The molecule has 44 heavy (non-hydrogen) atoms. The van der Waals surface area contributed by atoms with Crippen molar-refractivity contribution in [3.05, 3.63) is 93.7 Å². The highest BCUT2D eigenvalue weighted by Crippen LogP contribution is 2.44. The number of ether oxygens (including phenoxy) is 3. The fraction of sp³-hybridized carbons (Fsp3) is 0.457. The van der Waals surface area contributed by atoms with Gasteiger partial charge in [0.25, 0.3) is 5.69 Å². The molecule has 0 saturated heterocycles. The number of carbonyl (C=O) groups excluding carboxylic acids is 3. The lowest BCUT2D eigenvalue weighted by atomic mass is 9.84. The van der Waals surface area contributed by atoms with Crippen molar-refractivity contribution in [2.45, 2.75) is 90.1 Å². The van der Waals surface area contributed by atoms with Crippen molar-refractivity contribution in [1.82, 2.24) is 0 Å². The van der Waals surface area contributed by atoms with Gasteiger partial charge in [0.1, 0.15) is 6.10 Å². The lowest BCUT2D eigenvalue weighted by Crippen LogP contribution is -2.24. The average molecular weight is 606 g/mol. The number of hydrogen-bond donors (Lipinski definition) is 0. The molecule has 0 radical (unpaired) electrons. The quantitative estimate of drug-likeness (QED) is 0.0358. The van der Waals surface area contributed by atoms with Crippen LogP contribution in [0.25, 0.3) is 5.57 Å². The first kappa shape index (κ1) is 34.2. The van der Waals surface area contributed by atoms with Crippen molar-refractivity contribution in [1.29, 1.82) is 0 Å². The molecule has 2 unspecified atom stereocenters. The monoisotopic (exact) mass is 605 g/mol. The predicted molar refractivity (Wildman–Crippen MR) is 168 cm³/mol. The van der Waals surface area contributed by atoms with Crippen LogP contribution in [0.2, 0.25) is 0 Å². The molecule has 9 heteroatoms. The third kappa shape index (κ3) is 10.5. The Morgan fingerprint density at radius 1 is 0.932 bits per heavy atom. The van der Waals surface area contributed by atoms with Gasteiger partial charge in [-0.05, 0) is 79.7 Å². The van der Waals surface area contributed by atoms with E-state index >= 15 is 0 Å². The molecule has 236 valence electrons. The fourth-order valence-electron chi connectivity index (χ4n) is 5.61. The van der Waals surface area contributed by atoms with Gasteiger partial charge >= 0.3 is 17.9 Å². The van der Waals surface area contributed by atoms with Crippen LogP contribution in [0, 0.1) is 16.0 Å². The number of hydrogen-bond acceptors (Lipinski definition) is 8. The maximum Gasteiger partial charge on any atom is 0.338 e. The Hall–Kier alpha value is -4.27. The van der Waals surface area contributed by atoms with E-state index in [1.165, 1.54) is 38.3 Å². The van der Waals surface area contributed by atoms with Crippen molar-refractivity contribution in [2.75, 3.05) is 7.11 Å². The maximum absolute atomic E-state index is 13.1. The summed E-state index contributed by atoms with van der Waals surface area (Å²) in [6.07, 6.45) is 13.6. The smallest absolute Gasteiger partial charge is 0.338 e. The minimum Gasteiger partial charge on any atom is -0.469 e. The molecule has 2 aromatic rings. The Balaban J connectivity index is 1.80. The molecule has 3 rings (SSSR count). The molecule has 1 aliphatic rings. The Labute approximate surface area is 259 Å². The van der Waals surface area contributed by atoms with Crippen molar-refractivity contribution >= 4 is 29.2 Å². The van der Waals surface area contributed by atoms with Gasteiger partial charge < -0.3 is 14.2 Å². The molecule has 1 saturated carbocycles. The van der Waals surface area contributed by atoms with E-state index in [0.29, 0.717) is 12.8 Å². The lowest BCUT2D eigenvalue weighted by molar-refractivity contribution is -0.384. The van der Waals surface area contributed by atoms with Gasteiger partial charge in [0.2, 0.25) is 0 Å². The van der Waals surface area contributed by atoms with Gasteiger partial charge in [0.15, 0.2) is 0 Å². The first-order valence-corrected chi connectivity index (χ1v) is 15.4. The van der Waals surface area contributed by atoms with Gasteiger partial charge in [-0.1, -0.05) is 56.2 Å². The predicted octanol–water partition coefficient (Wildman–Crippen LogP) is 8.09. The third-order valence-electron chi connectivity index (χ3n) is 7.97. The molecule has 0 bridgehead atoms. The first-order chi connectivity index (χ1) is 21.2. The number of esters is 3. The van der Waals surface area contributed by atoms with Crippen LogP contribution in [-0.4, -0.2) is 36.0 Å². The summed E-state index contributed by atoms with van der Waals surface area (Å²) in [6, 6.07) is 13.6. The van der Waals surface area contributed by atoms with Gasteiger partial charge in [0.05, 0.1) is 23.9 Å². The summed E-state index contributed by atoms with van der Waals surface area (Å²) in [5, 5.41) is 11.0. The van der Waals surface area contributed by atoms with E-state index in [1.54, 1.807) is 6.26 Å². The number of benzene rings is 2. The van der Waals surface area contributed by atoms with E-state index in [1.807, 2.05) is 12.1 Å². The number of rotatable bonds is 16. The van der Waals surface area contributed by atoms with Crippen molar-refractivity contribution in [3.63, 3.8) is 0 Å². The number of nitro groups is 1. The van der Waals surface area contributed by atoms with Gasteiger partial charge in [-0.25, -0.2) is 4.79 Å². The second-order valence-electron chi connectivity index (χ2n) is 11.1. The highest BCUT2D eigenvalue weighted by molar-refractivity contribution is 5.89. The van der Waals surface area contributed by atoms with Crippen molar-refractivity contribution in [2.24, 2.45) is 5.92 Å². The van der Waals surface area contributed by atoms with Gasteiger partial charge in [0, 0.05) is 31.4 Å². The molecule has 2 aromatic carbocycles. The zero-order chi connectivity index (χ0) is 31.9. The lowest BCUT2D eigenvalue weighted by Gasteiger charge is -2.25. The molecule has 0 aromatic heterocycles. The fourth-order valence-corrected chi connectivity index (χ4v) is 5.61. The van der Waals surface area contributed by atoms with Gasteiger partial charge in [-0.2, -0.15) is 0 Å². The molecule has 1 aliphatic carbocycles. The number of allylic oxidation sites excluding steroid dienone is 3. The van der Waals surface area contributed by atoms with Crippen LogP contribution in [-0.2, 0) is 23.8 Å². The van der Waals surface area contributed by atoms with Crippen LogP contribution >= 0.6 is 0 Å². The number of carbonyl (C=O) groups is 3. The van der Waals surface area contributed by atoms with E-state index in [9.17, 15) is 24.5 Å². The molecule has 0 spiro atoms. The Bertz CT molecular complexity index is 1310. The highest BCUT2D eigenvalue weighted by Gasteiger charge is 2.39. The molecule has 0 N–H and O–H groups in total. The largest absolute Gasteiger partial charge is 0.469 e. The van der Waals surface area contributed by atoms with E-state index < -0.39 is 10.9 Å². The normalized spacial score (nSPS) is 18.2. The third-order valence-corrected chi connectivity index (χ3v) is 7.97. The van der Waals surface area contributed by atoms with Gasteiger partial charge in [-0.3, -0.25) is 19.7 Å². The minimum absolute atomic E-state index is 0.0493. The van der Waals surface area contributed by atoms with Crippen molar-refractivity contribution < 1.29 is 33.5 Å². The van der Waals surface area contributed by atoms with Crippen LogP contribution in [0.15, 0.2) is 66.9 Å². The number of non-ortho nitro benzene ring substituents is 1. The first-order valence-electron chi connectivity index (χ1n) is 15.4. The second kappa shape index (κ2) is 17.8. The van der Waals surface area contributed by atoms with Gasteiger partial charge in [-0.15, -0.1) is 0 Å². The van der Waals surface area contributed by atoms with E-state index in [-0.39, 0.29) is 41.1 Å². The summed E-state index contributed by atoms with van der Waals surface area (Å²) in [5.74, 6) is -0.904.